The molecule has 0 saturated heterocycles. The van der Waals surface area contributed by atoms with Gasteiger partial charge in [0.15, 0.2) is 6.10 Å². The molecule has 0 saturated carbocycles. The van der Waals surface area contributed by atoms with Gasteiger partial charge in [0, 0.05) is 19.3 Å². The van der Waals surface area contributed by atoms with Crippen molar-refractivity contribution in [3.63, 3.8) is 0 Å². The smallest absolute Gasteiger partial charge is 0.306 e. The molecule has 0 N–H and O–H groups in total. The molecule has 1 unspecified atom stereocenters. The fourth-order valence-corrected chi connectivity index (χ4v) is 9.14. The second-order valence-electron chi connectivity index (χ2n) is 22.0. The number of carbonyl (C=O) groups excluding carboxylic acids is 3. The molecule has 0 rings (SSSR count). The van der Waals surface area contributed by atoms with Crippen molar-refractivity contribution in [3.8, 4) is 0 Å². The number of carbonyl (C=O) groups is 3. The topological polar surface area (TPSA) is 78.9 Å². The number of esters is 3. The minimum atomic E-state index is -0.802. The molecule has 0 aromatic heterocycles. The lowest BCUT2D eigenvalue weighted by Gasteiger charge is -2.18. The van der Waals surface area contributed by atoms with Gasteiger partial charge in [-0.3, -0.25) is 14.4 Å². The Morgan fingerprint density at radius 2 is 0.481 bits per heavy atom. The van der Waals surface area contributed by atoms with Crippen LogP contribution in [-0.2, 0) is 28.6 Å². The summed E-state index contributed by atoms with van der Waals surface area (Å²) < 4.78 is 16.9. The Kier molecular flexibility index (Phi) is 64.3. The van der Waals surface area contributed by atoms with Crippen molar-refractivity contribution in [3.05, 3.63) is 134 Å². The van der Waals surface area contributed by atoms with E-state index in [1.165, 1.54) is 128 Å². The second-order valence-corrected chi connectivity index (χ2v) is 22.0. The Bertz CT molecular complexity index is 1720. The Morgan fingerprint density at radius 3 is 0.778 bits per heavy atom. The van der Waals surface area contributed by atoms with E-state index in [1.54, 1.807) is 0 Å². The van der Waals surface area contributed by atoms with Crippen LogP contribution in [0.15, 0.2) is 134 Å². The first-order valence-electron chi connectivity index (χ1n) is 33.7. The first kappa shape index (κ1) is 76.5. The summed E-state index contributed by atoms with van der Waals surface area (Å²) in [7, 11) is 0. The quantitative estimate of drug-likeness (QED) is 0.0261. The number of unbranched alkanes of at least 4 members (excludes halogenated alkanes) is 27. The van der Waals surface area contributed by atoms with Gasteiger partial charge in [-0.25, -0.2) is 0 Å². The molecule has 0 aliphatic carbocycles. The average molecular weight is 1120 g/mol. The van der Waals surface area contributed by atoms with E-state index in [9.17, 15) is 14.4 Å². The van der Waals surface area contributed by atoms with E-state index in [0.717, 1.165) is 135 Å². The summed E-state index contributed by atoms with van der Waals surface area (Å²) in [6.07, 6.45) is 96.1. The summed E-state index contributed by atoms with van der Waals surface area (Å²) in [5.74, 6) is -0.934. The Morgan fingerprint density at radius 1 is 0.259 bits per heavy atom. The summed E-state index contributed by atoms with van der Waals surface area (Å²) in [5, 5.41) is 0. The van der Waals surface area contributed by atoms with Crippen LogP contribution >= 0.6 is 0 Å². The molecule has 0 aromatic rings. The minimum Gasteiger partial charge on any atom is -0.462 e. The molecular formula is C75H124O6. The van der Waals surface area contributed by atoms with Crippen molar-refractivity contribution in [1.29, 1.82) is 0 Å². The zero-order chi connectivity index (χ0) is 58.5. The molecule has 0 spiro atoms. The standard InChI is InChI=1S/C75H124O6/c1-4-7-10-13-16-19-22-25-27-29-31-33-34-35-36-37-38-39-40-42-43-45-47-50-53-56-59-62-65-68-74(77)80-71-72(70-79-73(76)67-64-61-58-55-52-49-24-21-18-15-12-9-6-3)81-75(78)69-66-63-60-57-54-51-48-46-44-41-32-30-28-26-23-20-17-14-11-8-5-2/h7,9-10,12,16,18-19,21,25,27,30-33,35-36,38-39,42-43,49,52,72H,4-6,8,11,13-15,17,20,22-24,26,28-29,34,37,40-41,44-48,50-51,53-71H2,1-3H3/b10-7-,12-9-,19-16-,21-18-,27-25-,32-30-,33-31-,36-35-,39-38-,43-42-,52-49-. The molecule has 0 aromatic carbocycles. The monoisotopic (exact) mass is 1120 g/mol. The molecule has 0 aliphatic rings. The largest absolute Gasteiger partial charge is 0.462 e. The first-order chi connectivity index (χ1) is 40.0. The Balaban J connectivity index is 4.36. The van der Waals surface area contributed by atoms with Gasteiger partial charge >= 0.3 is 17.9 Å². The molecule has 460 valence electrons. The predicted molar refractivity (Wildman–Crippen MR) is 353 cm³/mol. The molecule has 0 heterocycles. The molecule has 0 aliphatic heterocycles. The summed E-state index contributed by atoms with van der Waals surface area (Å²) >= 11 is 0. The third-order valence-electron chi connectivity index (χ3n) is 14.1. The van der Waals surface area contributed by atoms with Crippen molar-refractivity contribution >= 4 is 17.9 Å². The lowest BCUT2D eigenvalue weighted by molar-refractivity contribution is -0.167. The van der Waals surface area contributed by atoms with Crippen LogP contribution in [0.5, 0.6) is 0 Å². The van der Waals surface area contributed by atoms with E-state index in [-0.39, 0.29) is 31.1 Å². The normalized spacial score (nSPS) is 13.0. The maximum absolute atomic E-state index is 12.9. The Hall–Kier alpha value is -4.45. The van der Waals surface area contributed by atoms with Gasteiger partial charge < -0.3 is 14.2 Å². The predicted octanol–water partition coefficient (Wildman–Crippen LogP) is 23.3. The summed E-state index contributed by atoms with van der Waals surface area (Å²) in [4.78, 5) is 38.4. The van der Waals surface area contributed by atoms with Crippen LogP contribution in [0, 0.1) is 0 Å². The molecule has 0 radical (unpaired) electrons. The highest BCUT2D eigenvalue weighted by molar-refractivity contribution is 5.71. The lowest BCUT2D eigenvalue weighted by atomic mass is 10.1. The number of hydrogen-bond donors (Lipinski definition) is 0. The molecule has 1 atom stereocenters. The molecule has 6 heteroatoms. The van der Waals surface area contributed by atoms with Gasteiger partial charge in [0.05, 0.1) is 0 Å². The number of ether oxygens (including phenoxy) is 3. The van der Waals surface area contributed by atoms with Crippen LogP contribution in [0.25, 0.3) is 0 Å². The maximum atomic E-state index is 12.9. The van der Waals surface area contributed by atoms with Crippen LogP contribution in [0.1, 0.15) is 303 Å². The first-order valence-corrected chi connectivity index (χ1v) is 33.7. The zero-order valence-electron chi connectivity index (χ0n) is 52.8. The van der Waals surface area contributed by atoms with E-state index in [0.29, 0.717) is 19.3 Å². The van der Waals surface area contributed by atoms with Gasteiger partial charge in [-0.2, -0.15) is 0 Å². The molecule has 0 bridgehead atoms. The van der Waals surface area contributed by atoms with Gasteiger partial charge in [-0.15, -0.1) is 0 Å². The van der Waals surface area contributed by atoms with Gasteiger partial charge in [-0.05, 0) is 135 Å². The highest BCUT2D eigenvalue weighted by Gasteiger charge is 2.19. The fraction of sp³-hybridized carbons (Fsp3) is 0.667. The van der Waals surface area contributed by atoms with Crippen LogP contribution < -0.4 is 0 Å². The van der Waals surface area contributed by atoms with Gasteiger partial charge in [0.2, 0.25) is 0 Å². The summed E-state index contributed by atoms with van der Waals surface area (Å²) in [6, 6.07) is 0. The minimum absolute atomic E-state index is 0.0970. The van der Waals surface area contributed by atoms with E-state index in [2.05, 4.69) is 154 Å². The van der Waals surface area contributed by atoms with Crippen molar-refractivity contribution in [2.24, 2.45) is 0 Å². The van der Waals surface area contributed by atoms with Gasteiger partial charge in [0.25, 0.3) is 0 Å². The van der Waals surface area contributed by atoms with Crippen molar-refractivity contribution in [1.82, 2.24) is 0 Å². The highest BCUT2D eigenvalue weighted by Crippen LogP contribution is 2.16. The molecule has 81 heavy (non-hydrogen) atoms. The average Bonchev–Trinajstić information content (AvgIpc) is 3.46. The molecular weight excluding hydrogens is 997 g/mol. The van der Waals surface area contributed by atoms with E-state index >= 15 is 0 Å². The third kappa shape index (κ3) is 66.2. The second kappa shape index (κ2) is 68.1. The zero-order valence-corrected chi connectivity index (χ0v) is 52.8. The number of rotatable bonds is 60. The van der Waals surface area contributed by atoms with Crippen LogP contribution in [0.3, 0.4) is 0 Å². The van der Waals surface area contributed by atoms with Crippen LogP contribution in [0.2, 0.25) is 0 Å². The van der Waals surface area contributed by atoms with Crippen LogP contribution in [0.4, 0.5) is 0 Å². The Labute approximate surface area is 500 Å². The van der Waals surface area contributed by atoms with E-state index < -0.39 is 6.10 Å². The molecule has 6 nitrogen and oxygen atoms in total. The number of hydrogen-bond acceptors (Lipinski definition) is 6. The van der Waals surface area contributed by atoms with Gasteiger partial charge in [0.1, 0.15) is 13.2 Å². The van der Waals surface area contributed by atoms with Crippen molar-refractivity contribution in [2.75, 3.05) is 13.2 Å². The van der Waals surface area contributed by atoms with Gasteiger partial charge in [-0.1, -0.05) is 283 Å². The summed E-state index contributed by atoms with van der Waals surface area (Å²) in [5.41, 5.74) is 0. The maximum Gasteiger partial charge on any atom is 0.306 e. The van der Waals surface area contributed by atoms with Crippen LogP contribution in [-0.4, -0.2) is 37.2 Å². The highest BCUT2D eigenvalue weighted by atomic mass is 16.6. The third-order valence-corrected chi connectivity index (χ3v) is 14.1. The van der Waals surface area contributed by atoms with E-state index in [4.69, 9.17) is 14.2 Å². The molecule has 0 fully saturated rings. The number of allylic oxidation sites excluding steroid dienone is 22. The van der Waals surface area contributed by atoms with Crippen molar-refractivity contribution < 1.29 is 28.6 Å². The summed E-state index contributed by atoms with van der Waals surface area (Å²) in [6.45, 7) is 6.39. The van der Waals surface area contributed by atoms with E-state index in [1.807, 2.05) is 0 Å². The molecule has 0 amide bonds. The van der Waals surface area contributed by atoms with Crippen molar-refractivity contribution in [2.45, 2.75) is 309 Å². The fourth-order valence-electron chi connectivity index (χ4n) is 9.14. The lowest BCUT2D eigenvalue weighted by Crippen LogP contribution is -2.30. The SMILES string of the molecule is CC/C=C\C/C=C\C/C=C\C/C=C\C/C=C\C/C=C\C/C=C\CCCCCCCCCC(=O)OCC(COC(=O)CCCCC/C=C\C/C=C\C/C=C\CC)OC(=O)CCCCCCCCCCC/C=C\CCCCCCCCCC.